The molecule has 1 fully saturated rings. The number of rotatable bonds is 4. The van der Waals surface area contributed by atoms with Crippen LogP contribution in [-0.4, -0.2) is 55.4 Å². The lowest BCUT2D eigenvalue weighted by Crippen LogP contribution is -2.35. The summed E-state index contributed by atoms with van der Waals surface area (Å²) in [4.78, 5) is 17.3. The number of carbonyl (C=O) groups excluding carboxylic acids is 1. The summed E-state index contributed by atoms with van der Waals surface area (Å²) in [6.07, 6.45) is 0. The summed E-state index contributed by atoms with van der Waals surface area (Å²) < 4.78 is 0.680. The standard InChI is InChI=1S/C13H19ClN2OS/c1-9-6-16(7-10(9)15(2)3)8-11(17)12-4-5-13(14)18-12/h4-5,9-10H,6-8H2,1-3H3. The minimum absolute atomic E-state index is 0.179. The van der Waals surface area contributed by atoms with E-state index in [1.54, 1.807) is 6.07 Å². The van der Waals surface area contributed by atoms with Crippen LogP contribution in [0.5, 0.6) is 0 Å². The van der Waals surface area contributed by atoms with Crippen molar-refractivity contribution in [2.75, 3.05) is 33.7 Å². The molecule has 2 rings (SSSR count). The van der Waals surface area contributed by atoms with Crippen molar-refractivity contribution in [1.29, 1.82) is 0 Å². The molecule has 2 atom stereocenters. The monoisotopic (exact) mass is 286 g/mol. The van der Waals surface area contributed by atoms with Crippen molar-refractivity contribution >= 4 is 28.7 Å². The zero-order valence-corrected chi connectivity index (χ0v) is 12.6. The quantitative estimate of drug-likeness (QED) is 0.795. The molecule has 1 aliphatic heterocycles. The molecule has 0 amide bonds. The Labute approximate surface area is 117 Å². The Bertz CT molecular complexity index is 432. The molecule has 2 heterocycles. The summed E-state index contributed by atoms with van der Waals surface area (Å²) in [7, 11) is 4.21. The van der Waals surface area contributed by atoms with Gasteiger partial charge in [0.15, 0.2) is 5.78 Å². The Morgan fingerprint density at radius 3 is 2.72 bits per heavy atom. The van der Waals surface area contributed by atoms with Crippen LogP contribution in [0.1, 0.15) is 16.6 Å². The molecule has 1 aliphatic rings. The van der Waals surface area contributed by atoms with Crippen molar-refractivity contribution in [3.8, 4) is 0 Å². The molecule has 2 unspecified atom stereocenters. The van der Waals surface area contributed by atoms with Crippen molar-refractivity contribution in [2.45, 2.75) is 13.0 Å². The number of carbonyl (C=O) groups is 1. The Morgan fingerprint density at radius 2 is 2.22 bits per heavy atom. The van der Waals surface area contributed by atoms with E-state index in [0.717, 1.165) is 18.0 Å². The number of hydrogen-bond donors (Lipinski definition) is 0. The van der Waals surface area contributed by atoms with Crippen molar-refractivity contribution < 1.29 is 4.79 Å². The van der Waals surface area contributed by atoms with Gasteiger partial charge in [-0.2, -0.15) is 0 Å². The molecule has 0 radical (unpaired) electrons. The highest BCUT2D eigenvalue weighted by Gasteiger charge is 2.31. The number of likely N-dealkylation sites (tertiary alicyclic amines) is 1. The van der Waals surface area contributed by atoms with Gasteiger partial charge in [-0.3, -0.25) is 9.69 Å². The summed E-state index contributed by atoms with van der Waals surface area (Å²) in [5, 5.41) is 0. The van der Waals surface area contributed by atoms with Crippen LogP contribution < -0.4 is 0 Å². The fraction of sp³-hybridized carbons (Fsp3) is 0.615. The minimum atomic E-state index is 0.179. The van der Waals surface area contributed by atoms with Gasteiger partial charge in [0.25, 0.3) is 0 Å². The van der Waals surface area contributed by atoms with Gasteiger partial charge in [0.1, 0.15) is 0 Å². The zero-order valence-electron chi connectivity index (χ0n) is 11.0. The number of nitrogens with zero attached hydrogens (tertiary/aromatic N) is 2. The molecule has 3 nitrogen and oxygen atoms in total. The first-order chi connectivity index (χ1) is 8.47. The second-order valence-electron chi connectivity index (χ2n) is 5.23. The first kappa shape index (κ1) is 14.0. The normalized spacial score (nSPS) is 24.9. The maximum Gasteiger partial charge on any atom is 0.186 e. The SMILES string of the molecule is CC1CN(CC(=O)c2ccc(Cl)s2)CC1N(C)C. The third-order valence-electron chi connectivity index (χ3n) is 3.53. The van der Waals surface area contributed by atoms with Crippen LogP contribution in [0, 0.1) is 5.92 Å². The van der Waals surface area contributed by atoms with E-state index >= 15 is 0 Å². The predicted octanol–water partition coefficient (Wildman–Crippen LogP) is 2.47. The summed E-state index contributed by atoms with van der Waals surface area (Å²) in [5.41, 5.74) is 0. The fourth-order valence-corrected chi connectivity index (χ4v) is 3.57. The van der Waals surface area contributed by atoms with E-state index in [9.17, 15) is 4.79 Å². The van der Waals surface area contributed by atoms with Crippen LogP contribution >= 0.6 is 22.9 Å². The van der Waals surface area contributed by atoms with Crippen molar-refractivity contribution in [3.05, 3.63) is 21.3 Å². The van der Waals surface area contributed by atoms with Crippen LogP contribution in [0.2, 0.25) is 4.34 Å². The summed E-state index contributed by atoms with van der Waals surface area (Å²) >= 11 is 7.22. The third-order valence-corrected chi connectivity index (χ3v) is 4.80. The molecule has 18 heavy (non-hydrogen) atoms. The van der Waals surface area contributed by atoms with Gasteiger partial charge in [-0.05, 0) is 32.1 Å². The number of thiophene rings is 1. The Morgan fingerprint density at radius 1 is 1.50 bits per heavy atom. The molecule has 0 bridgehead atoms. The first-order valence-electron chi connectivity index (χ1n) is 6.14. The number of ketones is 1. The molecule has 1 aromatic heterocycles. The topological polar surface area (TPSA) is 23.6 Å². The van der Waals surface area contributed by atoms with Gasteiger partial charge in [-0.15, -0.1) is 11.3 Å². The largest absolute Gasteiger partial charge is 0.305 e. The average Bonchev–Trinajstić information content (AvgIpc) is 2.85. The highest BCUT2D eigenvalue weighted by molar-refractivity contribution is 7.18. The lowest BCUT2D eigenvalue weighted by atomic mass is 10.1. The highest BCUT2D eigenvalue weighted by Crippen LogP contribution is 2.24. The minimum Gasteiger partial charge on any atom is -0.305 e. The van der Waals surface area contributed by atoms with Crippen LogP contribution in [0.15, 0.2) is 12.1 Å². The van der Waals surface area contributed by atoms with Crippen molar-refractivity contribution in [2.24, 2.45) is 5.92 Å². The molecule has 0 aromatic carbocycles. The maximum absolute atomic E-state index is 12.1. The Kier molecular flexibility index (Phi) is 4.43. The molecule has 0 spiro atoms. The van der Waals surface area contributed by atoms with Gasteiger partial charge in [0.05, 0.1) is 15.8 Å². The molecule has 0 aliphatic carbocycles. The highest BCUT2D eigenvalue weighted by atomic mass is 35.5. The molecule has 1 saturated heterocycles. The predicted molar refractivity (Wildman–Crippen MR) is 76.7 cm³/mol. The van der Waals surface area contributed by atoms with E-state index in [2.05, 4.69) is 30.8 Å². The van der Waals surface area contributed by atoms with E-state index in [0.29, 0.717) is 22.8 Å². The van der Waals surface area contributed by atoms with Crippen LogP contribution in [0.25, 0.3) is 0 Å². The van der Waals surface area contributed by atoms with Gasteiger partial charge in [0.2, 0.25) is 0 Å². The average molecular weight is 287 g/mol. The van der Waals surface area contributed by atoms with E-state index < -0.39 is 0 Å². The Balaban J connectivity index is 1.93. The van der Waals surface area contributed by atoms with Crippen LogP contribution in [-0.2, 0) is 0 Å². The summed E-state index contributed by atoms with van der Waals surface area (Å²) in [5.74, 6) is 0.790. The second-order valence-corrected chi connectivity index (χ2v) is 6.94. The lowest BCUT2D eigenvalue weighted by Gasteiger charge is -2.22. The number of likely N-dealkylation sites (N-methyl/N-ethyl adjacent to an activating group) is 1. The molecule has 100 valence electrons. The molecular formula is C13H19ClN2OS. The van der Waals surface area contributed by atoms with Crippen molar-refractivity contribution in [1.82, 2.24) is 9.80 Å². The smallest absolute Gasteiger partial charge is 0.186 e. The van der Waals surface area contributed by atoms with Gasteiger partial charge >= 0.3 is 0 Å². The number of halogens is 1. The van der Waals surface area contributed by atoms with E-state index in [1.807, 2.05) is 6.07 Å². The maximum atomic E-state index is 12.1. The summed E-state index contributed by atoms with van der Waals surface area (Å²) in [6, 6.07) is 4.15. The Hall–Kier alpha value is -0.420. The van der Waals surface area contributed by atoms with E-state index in [-0.39, 0.29) is 5.78 Å². The molecule has 5 heteroatoms. The molecule has 1 aromatic rings. The van der Waals surface area contributed by atoms with Crippen molar-refractivity contribution in [3.63, 3.8) is 0 Å². The van der Waals surface area contributed by atoms with Crippen LogP contribution in [0.4, 0.5) is 0 Å². The zero-order chi connectivity index (χ0) is 13.3. The molecule has 0 N–H and O–H groups in total. The van der Waals surface area contributed by atoms with Crippen LogP contribution in [0.3, 0.4) is 0 Å². The third kappa shape index (κ3) is 3.12. The fourth-order valence-electron chi connectivity index (χ4n) is 2.59. The summed E-state index contributed by atoms with van der Waals surface area (Å²) in [6.45, 7) is 4.72. The van der Waals surface area contributed by atoms with E-state index in [4.69, 9.17) is 11.6 Å². The molecule has 0 saturated carbocycles. The van der Waals surface area contributed by atoms with Gasteiger partial charge < -0.3 is 4.90 Å². The first-order valence-corrected chi connectivity index (χ1v) is 7.34. The number of hydrogen-bond acceptors (Lipinski definition) is 4. The van der Waals surface area contributed by atoms with Gasteiger partial charge in [0, 0.05) is 19.1 Å². The van der Waals surface area contributed by atoms with Gasteiger partial charge in [-0.1, -0.05) is 18.5 Å². The van der Waals surface area contributed by atoms with E-state index in [1.165, 1.54) is 11.3 Å². The molecular weight excluding hydrogens is 268 g/mol. The number of Topliss-reactive ketones (excluding diaryl/α,β-unsaturated/α-hetero) is 1. The van der Waals surface area contributed by atoms with Gasteiger partial charge in [-0.25, -0.2) is 0 Å². The second kappa shape index (κ2) is 5.70. The lowest BCUT2D eigenvalue weighted by molar-refractivity contribution is 0.0945.